The Balaban J connectivity index is 1.75. The van der Waals surface area contributed by atoms with Gasteiger partial charge in [0.1, 0.15) is 17.7 Å². The van der Waals surface area contributed by atoms with Crippen LogP contribution in [0.3, 0.4) is 0 Å². The summed E-state index contributed by atoms with van der Waals surface area (Å²) in [5.41, 5.74) is 0. The van der Waals surface area contributed by atoms with Crippen LogP contribution in [0.15, 0.2) is 29.3 Å². The van der Waals surface area contributed by atoms with Gasteiger partial charge in [-0.05, 0) is 44.0 Å². The molecule has 2 N–H and O–H groups in total. The van der Waals surface area contributed by atoms with Gasteiger partial charge in [0, 0.05) is 32.7 Å². The molecular weight excluding hydrogens is 347 g/mol. The molecule has 0 saturated carbocycles. The summed E-state index contributed by atoms with van der Waals surface area (Å²) in [7, 11) is 0. The first kappa shape index (κ1) is 21.4. The van der Waals surface area contributed by atoms with Crippen molar-refractivity contribution in [3.05, 3.63) is 30.1 Å². The van der Waals surface area contributed by atoms with Crippen LogP contribution in [-0.4, -0.2) is 69.4 Å². The van der Waals surface area contributed by atoms with Gasteiger partial charge in [-0.1, -0.05) is 6.92 Å². The highest BCUT2D eigenvalue weighted by Gasteiger charge is 2.14. The number of aliphatic imine (C=N–C) groups is 1. The lowest BCUT2D eigenvalue weighted by Gasteiger charge is -2.28. The molecule has 2 rings (SSSR count). The number of morpholine rings is 1. The number of nitrogens with one attached hydrogen (secondary N) is 2. The largest absolute Gasteiger partial charge is 0.489 e. The van der Waals surface area contributed by atoms with Crippen LogP contribution >= 0.6 is 0 Å². The Bertz CT molecular complexity index is 562. The van der Waals surface area contributed by atoms with Crippen LogP contribution in [0.2, 0.25) is 0 Å². The van der Waals surface area contributed by atoms with Crippen LogP contribution in [-0.2, 0) is 4.74 Å². The van der Waals surface area contributed by atoms with E-state index in [4.69, 9.17) is 14.5 Å². The maximum Gasteiger partial charge on any atom is 0.191 e. The maximum absolute atomic E-state index is 13.0. The lowest BCUT2D eigenvalue weighted by atomic mass is 10.1. The van der Waals surface area contributed by atoms with Crippen LogP contribution in [0.1, 0.15) is 20.8 Å². The Labute approximate surface area is 162 Å². The summed E-state index contributed by atoms with van der Waals surface area (Å²) in [4.78, 5) is 7.13. The normalized spacial score (nSPS) is 18.0. The monoisotopic (exact) mass is 380 g/mol. The van der Waals surface area contributed by atoms with Crippen molar-refractivity contribution in [1.82, 2.24) is 15.5 Å². The summed E-state index contributed by atoms with van der Waals surface area (Å²) < 4.78 is 24.1. The number of halogens is 1. The van der Waals surface area contributed by atoms with Gasteiger partial charge in [-0.2, -0.15) is 0 Å². The third-order valence-corrected chi connectivity index (χ3v) is 4.29. The number of ether oxygens (including phenoxy) is 2. The molecule has 1 heterocycles. The smallest absolute Gasteiger partial charge is 0.191 e. The van der Waals surface area contributed by atoms with Crippen LogP contribution < -0.4 is 15.4 Å². The van der Waals surface area contributed by atoms with Gasteiger partial charge in [-0.3, -0.25) is 9.89 Å². The number of benzene rings is 1. The molecule has 0 spiro atoms. The van der Waals surface area contributed by atoms with E-state index in [-0.39, 0.29) is 11.9 Å². The van der Waals surface area contributed by atoms with Gasteiger partial charge in [0.2, 0.25) is 0 Å². The van der Waals surface area contributed by atoms with Gasteiger partial charge in [0.05, 0.1) is 19.8 Å². The Morgan fingerprint density at radius 3 is 2.59 bits per heavy atom. The van der Waals surface area contributed by atoms with E-state index in [1.54, 1.807) is 12.1 Å². The van der Waals surface area contributed by atoms with Gasteiger partial charge in [0.15, 0.2) is 5.96 Å². The van der Waals surface area contributed by atoms with E-state index in [1.165, 1.54) is 12.1 Å². The van der Waals surface area contributed by atoms with E-state index in [0.29, 0.717) is 18.2 Å². The Kier molecular flexibility index (Phi) is 9.35. The molecule has 0 aliphatic carbocycles. The van der Waals surface area contributed by atoms with Crippen LogP contribution in [0.25, 0.3) is 0 Å². The highest BCUT2D eigenvalue weighted by molar-refractivity contribution is 5.79. The van der Waals surface area contributed by atoms with Crippen LogP contribution in [0, 0.1) is 11.7 Å². The molecule has 0 bridgehead atoms. The number of rotatable bonds is 9. The number of nitrogens with zero attached hydrogens (tertiary/aromatic N) is 2. The zero-order valence-corrected chi connectivity index (χ0v) is 16.7. The first-order valence-corrected chi connectivity index (χ1v) is 9.81. The minimum absolute atomic E-state index is 0.0647. The van der Waals surface area contributed by atoms with Crippen molar-refractivity contribution < 1.29 is 13.9 Å². The average molecular weight is 381 g/mol. The zero-order valence-electron chi connectivity index (χ0n) is 16.7. The predicted molar refractivity (Wildman–Crippen MR) is 107 cm³/mol. The Morgan fingerprint density at radius 1 is 1.22 bits per heavy atom. The van der Waals surface area contributed by atoms with Crippen molar-refractivity contribution in [1.29, 1.82) is 0 Å². The summed E-state index contributed by atoms with van der Waals surface area (Å²) in [5.74, 6) is 1.67. The molecule has 0 aromatic heterocycles. The summed E-state index contributed by atoms with van der Waals surface area (Å²) >= 11 is 0. The molecule has 152 valence electrons. The molecule has 1 aromatic rings. The van der Waals surface area contributed by atoms with Crippen molar-refractivity contribution in [2.75, 3.05) is 52.5 Å². The van der Waals surface area contributed by atoms with Crippen molar-refractivity contribution >= 4 is 5.96 Å². The fraction of sp³-hybridized carbons (Fsp3) is 0.650. The lowest BCUT2D eigenvalue weighted by Crippen LogP contribution is -2.42. The Hall–Kier alpha value is -1.86. The highest BCUT2D eigenvalue weighted by atomic mass is 19.1. The van der Waals surface area contributed by atoms with Gasteiger partial charge in [-0.25, -0.2) is 4.39 Å². The second-order valence-corrected chi connectivity index (χ2v) is 7.00. The molecule has 0 radical (unpaired) electrons. The molecule has 1 aliphatic rings. The quantitative estimate of drug-likeness (QED) is 0.508. The first-order valence-electron chi connectivity index (χ1n) is 9.81. The van der Waals surface area contributed by atoms with Crippen LogP contribution in [0.4, 0.5) is 4.39 Å². The summed E-state index contributed by atoms with van der Waals surface area (Å²) in [6.45, 7) is 13.1. The zero-order chi connectivity index (χ0) is 19.5. The molecule has 1 fully saturated rings. The molecule has 1 saturated heterocycles. The lowest BCUT2D eigenvalue weighted by molar-refractivity contribution is 0.0323. The average Bonchev–Trinajstić information content (AvgIpc) is 2.66. The van der Waals surface area contributed by atoms with Crippen molar-refractivity contribution in [3.63, 3.8) is 0 Å². The first-order chi connectivity index (χ1) is 13.1. The minimum atomic E-state index is -0.263. The van der Waals surface area contributed by atoms with E-state index in [0.717, 1.165) is 51.9 Å². The summed E-state index contributed by atoms with van der Waals surface area (Å²) in [5, 5.41) is 6.59. The Morgan fingerprint density at radius 2 is 1.93 bits per heavy atom. The van der Waals surface area contributed by atoms with Gasteiger partial charge < -0.3 is 20.1 Å². The van der Waals surface area contributed by atoms with Crippen molar-refractivity contribution in [3.8, 4) is 5.75 Å². The molecule has 1 aromatic carbocycles. The number of hydrogen-bond donors (Lipinski definition) is 2. The molecular formula is C20H33FN4O2. The van der Waals surface area contributed by atoms with Crippen molar-refractivity contribution in [2.24, 2.45) is 10.9 Å². The number of hydrogen-bond acceptors (Lipinski definition) is 4. The van der Waals surface area contributed by atoms with E-state index in [1.807, 2.05) is 13.8 Å². The molecule has 0 amide bonds. The summed E-state index contributed by atoms with van der Waals surface area (Å²) in [6.07, 6.45) is -0.0647. The van der Waals surface area contributed by atoms with Gasteiger partial charge >= 0.3 is 0 Å². The minimum Gasteiger partial charge on any atom is -0.489 e. The maximum atomic E-state index is 13.0. The molecule has 7 heteroatoms. The second-order valence-electron chi connectivity index (χ2n) is 7.00. The third-order valence-electron chi connectivity index (χ3n) is 4.29. The van der Waals surface area contributed by atoms with E-state index < -0.39 is 0 Å². The van der Waals surface area contributed by atoms with Crippen molar-refractivity contribution in [2.45, 2.75) is 26.9 Å². The SMILES string of the molecule is CCNC(=NCC(C)CN1CCOCC1)NCC(C)Oc1ccc(F)cc1. The fourth-order valence-corrected chi connectivity index (χ4v) is 2.90. The van der Waals surface area contributed by atoms with Gasteiger partial charge in [0.25, 0.3) is 0 Å². The molecule has 27 heavy (non-hydrogen) atoms. The van der Waals surface area contributed by atoms with E-state index >= 15 is 0 Å². The fourth-order valence-electron chi connectivity index (χ4n) is 2.90. The van der Waals surface area contributed by atoms with E-state index in [2.05, 4.69) is 22.5 Å². The molecule has 1 aliphatic heterocycles. The second kappa shape index (κ2) is 11.8. The third kappa shape index (κ3) is 8.58. The molecule has 2 unspecified atom stereocenters. The summed E-state index contributed by atoms with van der Waals surface area (Å²) in [6, 6.07) is 6.07. The predicted octanol–water partition coefficient (Wildman–Crippen LogP) is 2.12. The topological polar surface area (TPSA) is 58.1 Å². The van der Waals surface area contributed by atoms with Gasteiger partial charge in [-0.15, -0.1) is 0 Å². The van der Waals surface area contributed by atoms with E-state index in [9.17, 15) is 4.39 Å². The number of guanidine groups is 1. The van der Waals surface area contributed by atoms with Crippen LogP contribution in [0.5, 0.6) is 5.75 Å². The molecule has 2 atom stereocenters. The standard InChI is InChI=1S/C20H33FN4O2/c1-4-22-20(23-13-16(2)15-25-9-11-26-12-10-25)24-14-17(3)27-19-7-5-18(21)6-8-19/h5-8,16-17H,4,9-15H2,1-3H3,(H2,22,23,24). The molecule has 6 nitrogen and oxygen atoms in total. The highest BCUT2D eigenvalue weighted by Crippen LogP contribution is 2.12.